The Balaban J connectivity index is 1.92. The summed E-state index contributed by atoms with van der Waals surface area (Å²) >= 11 is 0. The highest BCUT2D eigenvalue weighted by molar-refractivity contribution is 7.90. The molecule has 0 saturated carbocycles. The van der Waals surface area contributed by atoms with Crippen LogP contribution in [0.15, 0.2) is 54.6 Å². The molecule has 1 aliphatic rings. The summed E-state index contributed by atoms with van der Waals surface area (Å²) in [5.74, 6) is -1.80. The minimum absolute atomic E-state index is 0.0145. The van der Waals surface area contributed by atoms with Crippen LogP contribution in [0.3, 0.4) is 0 Å². The maximum Gasteiger partial charge on any atom is 0.240 e. The van der Waals surface area contributed by atoms with Gasteiger partial charge in [0.1, 0.15) is 21.5 Å². The number of hydrogen-bond donors (Lipinski definition) is 1. The molecule has 3 rings (SSSR count). The molecule has 2 N–H and O–H groups in total. The lowest BCUT2D eigenvalue weighted by atomic mass is 10.0. The van der Waals surface area contributed by atoms with Crippen molar-refractivity contribution in [3.63, 3.8) is 0 Å². The van der Waals surface area contributed by atoms with E-state index in [2.05, 4.69) is 0 Å². The average molecular weight is 420 g/mol. The molecule has 1 heterocycles. The smallest absolute Gasteiger partial charge is 0.240 e. The van der Waals surface area contributed by atoms with Crippen LogP contribution in [-0.2, 0) is 14.6 Å². The third-order valence-corrected chi connectivity index (χ3v) is 5.83. The van der Waals surface area contributed by atoms with Gasteiger partial charge in [-0.15, -0.1) is 0 Å². The van der Waals surface area contributed by atoms with E-state index in [0.717, 1.165) is 30.0 Å². The second-order valence-corrected chi connectivity index (χ2v) is 9.42. The van der Waals surface area contributed by atoms with Crippen molar-refractivity contribution in [3.05, 3.63) is 77.4 Å². The van der Waals surface area contributed by atoms with Crippen LogP contribution in [0.1, 0.15) is 23.6 Å². The second kappa shape index (κ2) is 8.42. The quantitative estimate of drug-likeness (QED) is 0.779. The van der Waals surface area contributed by atoms with Gasteiger partial charge in [0.15, 0.2) is 0 Å². The van der Waals surface area contributed by atoms with E-state index >= 15 is 0 Å². The summed E-state index contributed by atoms with van der Waals surface area (Å²) in [6.45, 7) is 0.0470. The number of sulfone groups is 1. The van der Waals surface area contributed by atoms with Crippen molar-refractivity contribution in [3.8, 4) is 0 Å². The summed E-state index contributed by atoms with van der Waals surface area (Å²) in [7, 11) is -3.26. The van der Waals surface area contributed by atoms with Gasteiger partial charge in [0.2, 0.25) is 5.91 Å². The minimum Gasteiger partial charge on any atom is -0.326 e. The van der Waals surface area contributed by atoms with E-state index in [1.54, 1.807) is 6.08 Å². The number of hydrogen-bond acceptors (Lipinski definition) is 4. The Morgan fingerprint density at radius 2 is 1.90 bits per heavy atom. The monoisotopic (exact) mass is 420 g/mol. The third-order valence-electron chi connectivity index (χ3n) is 4.85. The zero-order chi connectivity index (χ0) is 21.2. The first kappa shape index (κ1) is 21.1. The molecule has 8 heteroatoms. The van der Waals surface area contributed by atoms with Crippen LogP contribution in [0.4, 0.5) is 8.78 Å². The predicted molar refractivity (Wildman–Crippen MR) is 108 cm³/mol. The largest absolute Gasteiger partial charge is 0.326 e. The van der Waals surface area contributed by atoms with E-state index in [1.807, 2.05) is 30.3 Å². The molecule has 2 aromatic rings. The molecule has 0 aliphatic carbocycles. The van der Waals surface area contributed by atoms with Gasteiger partial charge in [-0.2, -0.15) is 0 Å². The summed E-state index contributed by atoms with van der Waals surface area (Å²) < 4.78 is 50.8. The zero-order valence-electron chi connectivity index (χ0n) is 15.9. The molecule has 2 aromatic carbocycles. The highest BCUT2D eigenvalue weighted by Crippen LogP contribution is 2.36. The van der Waals surface area contributed by atoms with Gasteiger partial charge >= 0.3 is 0 Å². The zero-order valence-corrected chi connectivity index (χ0v) is 16.7. The van der Waals surface area contributed by atoms with Crippen molar-refractivity contribution in [1.29, 1.82) is 0 Å². The van der Waals surface area contributed by atoms with Gasteiger partial charge in [-0.1, -0.05) is 36.4 Å². The summed E-state index contributed by atoms with van der Waals surface area (Å²) in [6.07, 6.45) is 2.78. The minimum atomic E-state index is -3.26. The molecule has 0 bridgehead atoms. The number of carbonyl (C=O) groups is 1. The molecule has 0 aromatic heterocycles. The van der Waals surface area contributed by atoms with Crippen molar-refractivity contribution in [2.75, 3.05) is 18.6 Å². The van der Waals surface area contributed by atoms with Gasteiger partial charge in [-0.05, 0) is 35.8 Å². The first-order valence-electron chi connectivity index (χ1n) is 9.10. The molecule has 0 fully saturated rings. The van der Waals surface area contributed by atoms with Gasteiger partial charge in [0.25, 0.3) is 0 Å². The van der Waals surface area contributed by atoms with E-state index in [9.17, 15) is 22.0 Å². The van der Waals surface area contributed by atoms with Crippen LogP contribution in [0.2, 0.25) is 0 Å². The van der Waals surface area contributed by atoms with Gasteiger partial charge in [0, 0.05) is 18.4 Å². The number of halogens is 2. The van der Waals surface area contributed by atoms with E-state index in [4.69, 9.17) is 5.73 Å². The Labute approximate surface area is 168 Å². The van der Waals surface area contributed by atoms with Crippen LogP contribution in [0.25, 0.3) is 5.57 Å². The Morgan fingerprint density at radius 1 is 1.21 bits per heavy atom. The fraction of sp³-hybridized carbons (Fsp3) is 0.286. The van der Waals surface area contributed by atoms with Crippen molar-refractivity contribution in [2.45, 2.75) is 18.5 Å². The van der Waals surface area contributed by atoms with Crippen LogP contribution in [0, 0.1) is 11.6 Å². The van der Waals surface area contributed by atoms with E-state index in [1.165, 1.54) is 4.90 Å². The highest BCUT2D eigenvalue weighted by atomic mass is 32.2. The standard InChI is InChI=1S/C21H22F2N2O3S/c1-29(27,28)10-9-19(24)21(26)25-13-15(17-12-16(22)7-8-18(17)23)11-20(25)14-5-3-2-4-6-14/h2-8,11-12,19-20H,9-10,13,24H2,1H3/t19-,20?/m0/s1. The molecule has 0 saturated heterocycles. The summed E-state index contributed by atoms with van der Waals surface area (Å²) in [5, 5.41) is 0. The molecule has 1 amide bonds. The van der Waals surface area contributed by atoms with Crippen LogP contribution in [-0.4, -0.2) is 43.8 Å². The lowest BCUT2D eigenvalue weighted by Crippen LogP contribution is -2.44. The highest BCUT2D eigenvalue weighted by Gasteiger charge is 2.34. The van der Waals surface area contributed by atoms with Crippen LogP contribution in [0.5, 0.6) is 0 Å². The Hall–Kier alpha value is -2.58. The molecule has 1 aliphatic heterocycles. The maximum atomic E-state index is 14.3. The number of nitrogens with zero attached hydrogens (tertiary/aromatic N) is 1. The van der Waals surface area contributed by atoms with Gasteiger partial charge in [-0.3, -0.25) is 4.79 Å². The number of rotatable bonds is 6. The Bertz CT molecular complexity index is 1040. The first-order chi connectivity index (χ1) is 13.7. The topological polar surface area (TPSA) is 80.5 Å². The fourth-order valence-corrected chi connectivity index (χ4v) is 4.03. The number of nitrogens with two attached hydrogens (primary N) is 1. The number of carbonyl (C=O) groups excluding carboxylic acids is 1. The van der Waals surface area contributed by atoms with E-state index in [0.29, 0.717) is 5.57 Å². The second-order valence-electron chi connectivity index (χ2n) is 7.16. The molecule has 29 heavy (non-hydrogen) atoms. The predicted octanol–water partition coefficient (Wildman–Crippen LogP) is 2.69. The molecule has 2 atom stereocenters. The summed E-state index contributed by atoms with van der Waals surface area (Å²) in [6, 6.07) is 10.8. The maximum absolute atomic E-state index is 14.3. The van der Waals surface area contributed by atoms with Crippen LogP contribution < -0.4 is 5.73 Å². The summed E-state index contributed by atoms with van der Waals surface area (Å²) in [4.78, 5) is 14.5. The molecular weight excluding hydrogens is 398 g/mol. The van der Waals surface area contributed by atoms with Gasteiger partial charge < -0.3 is 10.6 Å². The molecule has 154 valence electrons. The van der Waals surface area contributed by atoms with Gasteiger partial charge in [0.05, 0.1) is 17.8 Å². The molecule has 5 nitrogen and oxygen atoms in total. The normalized spacial score (nSPS) is 17.9. The van der Waals surface area contributed by atoms with E-state index < -0.39 is 39.5 Å². The van der Waals surface area contributed by atoms with Crippen molar-refractivity contribution >= 4 is 21.3 Å². The third kappa shape index (κ3) is 5.07. The lowest BCUT2D eigenvalue weighted by Gasteiger charge is -2.28. The van der Waals surface area contributed by atoms with Crippen molar-refractivity contribution < 1.29 is 22.0 Å². The summed E-state index contributed by atoms with van der Waals surface area (Å²) in [5.41, 5.74) is 7.32. The first-order valence-corrected chi connectivity index (χ1v) is 11.2. The lowest BCUT2D eigenvalue weighted by molar-refractivity contribution is -0.133. The molecule has 0 spiro atoms. The molecule has 0 radical (unpaired) electrons. The molecular formula is C21H22F2N2O3S. The molecule has 1 unspecified atom stereocenters. The average Bonchev–Trinajstić information content (AvgIpc) is 3.12. The van der Waals surface area contributed by atoms with Gasteiger partial charge in [-0.25, -0.2) is 17.2 Å². The van der Waals surface area contributed by atoms with E-state index in [-0.39, 0.29) is 24.3 Å². The van der Waals surface area contributed by atoms with Crippen LogP contribution >= 0.6 is 0 Å². The fourth-order valence-electron chi connectivity index (χ4n) is 3.35. The van der Waals surface area contributed by atoms with Crippen molar-refractivity contribution in [2.24, 2.45) is 5.73 Å². The SMILES string of the molecule is CS(=O)(=O)CC[C@H](N)C(=O)N1CC(c2cc(F)ccc2F)=CC1c1ccccc1. The Morgan fingerprint density at radius 3 is 2.55 bits per heavy atom. The Kier molecular flexibility index (Phi) is 6.14. The number of benzene rings is 2. The number of amides is 1. The van der Waals surface area contributed by atoms with Crippen molar-refractivity contribution in [1.82, 2.24) is 4.90 Å².